The Balaban J connectivity index is 1.50. The Hall–Kier alpha value is -3.37. The van der Waals surface area contributed by atoms with E-state index in [2.05, 4.69) is 5.32 Å². The van der Waals surface area contributed by atoms with Gasteiger partial charge >= 0.3 is 12.1 Å². The van der Waals surface area contributed by atoms with Gasteiger partial charge in [0.1, 0.15) is 30.1 Å². The highest BCUT2D eigenvalue weighted by atomic mass is 19.1. The number of carbonyl (C=O) groups excluding carboxylic acids is 2. The lowest BCUT2D eigenvalue weighted by Gasteiger charge is -2.32. The molecule has 1 aliphatic carbocycles. The predicted octanol–water partition coefficient (Wildman–Crippen LogP) is 3.71. The average molecular weight is 520 g/mol. The Morgan fingerprint density at radius 2 is 2.00 bits per heavy atom. The Morgan fingerprint density at radius 3 is 2.62 bits per heavy atom. The number of amides is 1. The van der Waals surface area contributed by atoms with Crippen LogP contribution in [0, 0.1) is 11.7 Å². The smallest absolute Gasteiger partial charge is 0.408 e. The van der Waals surface area contributed by atoms with Crippen molar-refractivity contribution in [2.24, 2.45) is 5.92 Å². The minimum absolute atomic E-state index is 0.0633. The first-order valence-corrected chi connectivity index (χ1v) is 12.4. The number of alkyl carbamates (subject to hydrolysis) is 1. The highest BCUT2D eigenvalue weighted by Gasteiger charge is 2.53. The van der Waals surface area contributed by atoms with Crippen LogP contribution in [0.25, 0.3) is 10.9 Å². The molecule has 2 aliphatic heterocycles. The van der Waals surface area contributed by atoms with Crippen molar-refractivity contribution in [3.8, 4) is 5.75 Å². The van der Waals surface area contributed by atoms with Crippen molar-refractivity contribution in [1.82, 2.24) is 9.88 Å². The molecule has 2 atom stereocenters. The Kier molecular flexibility index (Phi) is 6.07. The lowest BCUT2D eigenvalue weighted by molar-refractivity contribution is 0.0476. The summed E-state index contributed by atoms with van der Waals surface area (Å²) >= 11 is 0. The summed E-state index contributed by atoms with van der Waals surface area (Å²) in [6.07, 6.45) is 1.86. The molecule has 200 valence electrons. The summed E-state index contributed by atoms with van der Waals surface area (Å²) in [6, 6.07) is 1.54. The molecule has 5 rings (SSSR count). The van der Waals surface area contributed by atoms with Gasteiger partial charge in [0.15, 0.2) is 11.6 Å². The molecule has 11 heteroatoms. The number of carbonyl (C=O) groups is 2. The molecular formula is C26H31F2N3O6. The van der Waals surface area contributed by atoms with Crippen molar-refractivity contribution in [3.63, 3.8) is 0 Å². The Labute approximate surface area is 212 Å². The quantitative estimate of drug-likeness (QED) is 0.602. The van der Waals surface area contributed by atoms with Gasteiger partial charge < -0.3 is 24.4 Å². The van der Waals surface area contributed by atoms with Gasteiger partial charge in [-0.05, 0) is 52.2 Å². The van der Waals surface area contributed by atoms with E-state index in [1.54, 1.807) is 20.8 Å². The number of hydrogen-bond donors (Lipinski definition) is 1. The van der Waals surface area contributed by atoms with Crippen LogP contribution < -0.4 is 20.5 Å². The lowest BCUT2D eigenvalue weighted by atomic mass is 9.96. The Morgan fingerprint density at radius 1 is 1.27 bits per heavy atom. The first-order valence-electron chi connectivity index (χ1n) is 12.4. The predicted molar refractivity (Wildman–Crippen MR) is 132 cm³/mol. The molecule has 2 aromatic rings. The third-order valence-electron chi connectivity index (χ3n) is 7.40. The molecule has 2 fully saturated rings. The Bertz CT molecular complexity index is 1330. The third kappa shape index (κ3) is 4.38. The van der Waals surface area contributed by atoms with E-state index < -0.39 is 47.3 Å². The SMILES string of the molecule is COC(=O)c1cc2cc(F)c(N3CC[C@@H](C4(NC(=O)OC(C)(C)C)CC4)C3)c3c2n(c1=O)[C@@H](CF)CO3. The summed E-state index contributed by atoms with van der Waals surface area (Å²) in [6.45, 7) is 5.32. The number of nitrogens with zero attached hydrogens (tertiary/aromatic N) is 2. The molecule has 1 aromatic carbocycles. The fourth-order valence-electron chi connectivity index (χ4n) is 5.53. The summed E-state index contributed by atoms with van der Waals surface area (Å²) < 4.78 is 46.7. The van der Waals surface area contributed by atoms with Crippen molar-refractivity contribution in [2.45, 2.75) is 57.2 Å². The van der Waals surface area contributed by atoms with Gasteiger partial charge in [-0.15, -0.1) is 0 Å². The number of pyridine rings is 1. The van der Waals surface area contributed by atoms with Crippen LogP contribution in [0.5, 0.6) is 5.75 Å². The molecule has 1 saturated heterocycles. The molecule has 1 saturated carbocycles. The normalized spacial score (nSPS) is 21.9. The summed E-state index contributed by atoms with van der Waals surface area (Å²) in [7, 11) is 1.14. The second-order valence-electron chi connectivity index (χ2n) is 11.0. The zero-order chi connectivity index (χ0) is 26.7. The molecule has 0 radical (unpaired) electrons. The summed E-state index contributed by atoms with van der Waals surface area (Å²) in [5.41, 5.74) is -1.57. The van der Waals surface area contributed by atoms with E-state index in [4.69, 9.17) is 14.2 Å². The fourth-order valence-corrected chi connectivity index (χ4v) is 5.53. The number of rotatable bonds is 5. The maximum atomic E-state index is 15.6. The summed E-state index contributed by atoms with van der Waals surface area (Å²) in [5.74, 6) is -1.24. The van der Waals surface area contributed by atoms with Crippen molar-refractivity contribution < 1.29 is 32.6 Å². The molecule has 3 aliphatic rings. The van der Waals surface area contributed by atoms with Gasteiger partial charge in [0, 0.05) is 29.9 Å². The van der Waals surface area contributed by atoms with Gasteiger partial charge in [-0.25, -0.2) is 18.4 Å². The maximum Gasteiger partial charge on any atom is 0.408 e. The van der Waals surface area contributed by atoms with Crippen molar-refractivity contribution in [3.05, 3.63) is 33.9 Å². The fraction of sp³-hybridized carbons (Fsp3) is 0.577. The van der Waals surface area contributed by atoms with E-state index in [1.807, 2.05) is 4.90 Å². The first-order chi connectivity index (χ1) is 17.5. The van der Waals surface area contributed by atoms with Crippen LogP contribution in [-0.2, 0) is 9.47 Å². The number of halogens is 2. The first kappa shape index (κ1) is 25.3. The van der Waals surface area contributed by atoms with Crippen molar-refractivity contribution in [1.29, 1.82) is 0 Å². The summed E-state index contributed by atoms with van der Waals surface area (Å²) in [4.78, 5) is 39.6. The molecule has 0 unspecified atom stereocenters. The van der Waals surface area contributed by atoms with Gasteiger partial charge in [-0.1, -0.05) is 0 Å². The number of anilines is 1. The van der Waals surface area contributed by atoms with E-state index >= 15 is 4.39 Å². The van der Waals surface area contributed by atoms with Crippen LogP contribution in [0.3, 0.4) is 0 Å². The summed E-state index contributed by atoms with van der Waals surface area (Å²) in [5, 5.41) is 3.28. The van der Waals surface area contributed by atoms with Gasteiger partial charge in [0.2, 0.25) is 0 Å². The molecule has 1 amide bonds. The largest absolute Gasteiger partial charge is 0.487 e. The standard InChI is InChI=1S/C26H31F2N3O6/c1-25(2,3)37-24(34)29-26(6-7-26)15-5-8-30(12-15)20-18(28)10-14-9-17(23(33)35-4)22(32)31-16(11-27)13-36-21(20)19(14)31/h9-10,15-16H,5-8,11-13H2,1-4H3,(H,29,34)/t15-,16+/m1/s1. The number of alkyl halides is 1. The van der Waals surface area contributed by atoms with Crippen molar-refractivity contribution >= 4 is 28.7 Å². The zero-order valence-electron chi connectivity index (χ0n) is 21.4. The number of nitrogens with one attached hydrogen (secondary N) is 1. The van der Waals surface area contributed by atoms with Gasteiger partial charge in [0.05, 0.1) is 18.7 Å². The minimum atomic E-state index is -0.954. The topological polar surface area (TPSA) is 99.1 Å². The van der Waals surface area contributed by atoms with E-state index in [-0.39, 0.29) is 40.4 Å². The third-order valence-corrected chi connectivity index (χ3v) is 7.40. The molecule has 1 aromatic heterocycles. The highest BCUT2D eigenvalue weighted by Crippen LogP contribution is 2.49. The van der Waals surface area contributed by atoms with Crippen LogP contribution in [0.2, 0.25) is 0 Å². The van der Waals surface area contributed by atoms with Gasteiger partial charge in [0.25, 0.3) is 5.56 Å². The molecule has 1 N–H and O–H groups in total. The van der Waals surface area contributed by atoms with E-state index in [0.29, 0.717) is 19.5 Å². The average Bonchev–Trinajstić information content (AvgIpc) is 3.43. The number of benzene rings is 1. The zero-order valence-corrected chi connectivity index (χ0v) is 21.4. The maximum absolute atomic E-state index is 15.6. The molecule has 9 nitrogen and oxygen atoms in total. The van der Waals surface area contributed by atoms with Crippen molar-refractivity contribution in [2.75, 3.05) is 38.4 Å². The number of hydrogen-bond acceptors (Lipinski definition) is 7. The monoisotopic (exact) mass is 519 g/mol. The van der Waals surface area contributed by atoms with Crippen LogP contribution in [-0.4, -0.2) is 61.3 Å². The molecule has 37 heavy (non-hydrogen) atoms. The van der Waals surface area contributed by atoms with E-state index in [1.165, 1.54) is 16.7 Å². The molecular weight excluding hydrogens is 488 g/mol. The van der Waals surface area contributed by atoms with Crippen LogP contribution in [0.4, 0.5) is 19.3 Å². The highest BCUT2D eigenvalue weighted by molar-refractivity contribution is 5.98. The number of ether oxygens (including phenoxy) is 3. The minimum Gasteiger partial charge on any atom is -0.487 e. The van der Waals surface area contributed by atoms with E-state index in [0.717, 1.165) is 20.0 Å². The van der Waals surface area contributed by atoms with Gasteiger partial charge in [-0.3, -0.25) is 9.36 Å². The molecule has 0 spiro atoms. The van der Waals surface area contributed by atoms with Gasteiger partial charge in [-0.2, -0.15) is 0 Å². The second-order valence-corrected chi connectivity index (χ2v) is 11.0. The number of aromatic nitrogens is 1. The number of esters is 1. The second kappa shape index (κ2) is 8.88. The van der Waals surface area contributed by atoms with Crippen LogP contribution in [0.15, 0.2) is 16.9 Å². The number of methoxy groups -OCH3 is 1. The lowest BCUT2D eigenvalue weighted by Crippen LogP contribution is -2.46. The van der Waals surface area contributed by atoms with E-state index in [9.17, 15) is 18.8 Å². The van der Waals surface area contributed by atoms with Crippen LogP contribution in [0.1, 0.15) is 56.4 Å². The molecule has 0 bridgehead atoms. The molecule has 3 heterocycles. The van der Waals surface area contributed by atoms with Crippen LogP contribution >= 0.6 is 0 Å².